The molecule has 1 unspecified atom stereocenters. The fraction of sp³-hybridized carbons (Fsp3) is 0.476. The lowest BCUT2D eigenvalue weighted by Crippen LogP contribution is -2.45. The highest BCUT2D eigenvalue weighted by Crippen LogP contribution is 2.26. The van der Waals surface area contributed by atoms with Crippen LogP contribution in [0.4, 0.5) is 0 Å². The van der Waals surface area contributed by atoms with Crippen LogP contribution in [0, 0.1) is 5.92 Å². The zero-order valence-corrected chi connectivity index (χ0v) is 18.0. The van der Waals surface area contributed by atoms with E-state index in [-0.39, 0.29) is 17.9 Å². The maximum atomic E-state index is 12.7. The van der Waals surface area contributed by atoms with Gasteiger partial charge in [0.15, 0.2) is 0 Å². The first-order chi connectivity index (χ1) is 14.0. The Morgan fingerprint density at radius 3 is 2.48 bits per heavy atom. The third kappa shape index (κ3) is 4.88. The molecule has 1 N–H and O–H groups in total. The van der Waals surface area contributed by atoms with E-state index in [1.807, 2.05) is 6.07 Å². The normalized spacial score (nSPS) is 22.0. The number of rotatable bonds is 6. The van der Waals surface area contributed by atoms with Crippen molar-refractivity contribution in [2.75, 3.05) is 26.2 Å². The molecule has 0 radical (unpaired) electrons. The second kappa shape index (κ2) is 8.95. The molecular formula is C21H27N3O3S2. The molecule has 2 aromatic rings. The molecule has 0 bridgehead atoms. The average Bonchev–Trinajstić information content (AvgIpc) is 3.42. The Balaban J connectivity index is 1.24. The number of piperidine rings is 1. The molecule has 29 heavy (non-hydrogen) atoms. The van der Waals surface area contributed by atoms with Gasteiger partial charge in [-0.3, -0.25) is 9.69 Å². The zero-order valence-electron chi connectivity index (χ0n) is 16.4. The summed E-state index contributed by atoms with van der Waals surface area (Å²) in [4.78, 5) is 15.1. The van der Waals surface area contributed by atoms with Gasteiger partial charge in [0, 0.05) is 44.7 Å². The molecule has 8 heteroatoms. The number of sulfonamides is 1. The fourth-order valence-electron chi connectivity index (χ4n) is 4.15. The number of likely N-dealkylation sites (tertiary alicyclic amines) is 1. The highest BCUT2D eigenvalue weighted by molar-refractivity contribution is 7.91. The third-order valence-electron chi connectivity index (χ3n) is 5.78. The Labute approximate surface area is 176 Å². The Morgan fingerprint density at radius 1 is 1.03 bits per heavy atom. The van der Waals surface area contributed by atoms with Crippen molar-refractivity contribution in [2.45, 2.75) is 36.1 Å². The summed E-state index contributed by atoms with van der Waals surface area (Å²) in [7, 11) is -3.41. The molecule has 1 amide bonds. The Morgan fingerprint density at radius 2 is 1.79 bits per heavy atom. The summed E-state index contributed by atoms with van der Waals surface area (Å²) >= 11 is 1.24. The molecule has 156 valence electrons. The van der Waals surface area contributed by atoms with Crippen molar-refractivity contribution in [1.82, 2.24) is 14.5 Å². The molecule has 1 atom stereocenters. The molecule has 2 fully saturated rings. The quantitative estimate of drug-likeness (QED) is 0.760. The number of nitrogens with one attached hydrogen (secondary N) is 1. The van der Waals surface area contributed by atoms with Gasteiger partial charge < -0.3 is 5.32 Å². The molecule has 1 aromatic carbocycles. The maximum Gasteiger partial charge on any atom is 0.252 e. The SMILES string of the molecule is O=C(NC1CCN(Cc2ccccc2)C1)C1CCN(S(=O)(=O)c2cccs2)CC1. The molecule has 4 rings (SSSR count). The van der Waals surface area contributed by atoms with E-state index in [9.17, 15) is 13.2 Å². The van der Waals surface area contributed by atoms with Crippen molar-refractivity contribution in [2.24, 2.45) is 5.92 Å². The van der Waals surface area contributed by atoms with E-state index < -0.39 is 10.0 Å². The summed E-state index contributed by atoms with van der Waals surface area (Å²) in [5.74, 6) is -0.0299. The van der Waals surface area contributed by atoms with Crippen LogP contribution in [0.3, 0.4) is 0 Å². The van der Waals surface area contributed by atoms with Gasteiger partial charge in [-0.15, -0.1) is 11.3 Å². The number of hydrogen-bond acceptors (Lipinski definition) is 5. The van der Waals surface area contributed by atoms with E-state index in [1.54, 1.807) is 17.5 Å². The van der Waals surface area contributed by atoms with Crippen LogP contribution in [-0.4, -0.2) is 55.8 Å². The number of hydrogen-bond donors (Lipinski definition) is 1. The van der Waals surface area contributed by atoms with Gasteiger partial charge in [-0.25, -0.2) is 8.42 Å². The van der Waals surface area contributed by atoms with E-state index in [4.69, 9.17) is 0 Å². The third-order valence-corrected chi connectivity index (χ3v) is 9.05. The zero-order chi connectivity index (χ0) is 20.3. The van der Waals surface area contributed by atoms with Crippen LogP contribution in [0.2, 0.25) is 0 Å². The molecule has 0 aliphatic carbocycles. The standard InChI is InChI=1S/C21H27N3O3S2/c25-21(22-19-10-11-23(16-19)15-17-5-2-1-3-6-17)18-8-12-24(13-9-18)29(26,27)20-7-4-14-28-20/h1-7,14,18-19H,8-13,15-16H2,(H,22,25). The number of carbonyl (C=O) groups is 1. The predicted molar refractivity (Wildman–Crippen MR) is 114 cm³/mol. The molecule has 2 saturated heterocycles. The first-order valence-electron chi connectivity index (χ1n) is 10.1. The van der Waals surface area contributed by atoms with Crippen LogP contribution in [0.1, 0.15) is 24.8 Å². The molecule has 0 spiro atoms. The number of nitrogens with zero attached hydrogens (tertiary/aromatic N) is 2. The summed E-state index contributed by atoms with van der Waals surface area (Å²) in [6.07, 6.45) is 2.12. The van der Waals surface area contributed by atoms with Gasteiger partial charge >= 0.3 is 0 Å². The van der Waals surface area contributed by atoms with Crippen molar-refractivity contribution in [1.29, 1.82) is 0 Å². The van der Waals surface area contributed by atoms with Crippen LogP contribution < -0.4 is 5.32 Å². The van der Waals surface area contributed by atoms with Crippen LogP contribution >= 0.6 is 11.3 Å². The van der Waals surface area contributed by atoms with Crippen molar-refractivity contribution >= 4 is 27.3 Å². The van der Waals surface area contributed by atoms with Crippen LogP contribution in [0.25, 0.3) is 0 Å². The Hall–Kier alpha value is -1.74. The van der Waals surface area contributed by atoms with Crippen molar-refractivity contribution in [3.8, 4) is 0 Å². The van der Waals surface area contributed by atoms with Gasteiger partial charge in [-0.05, 0) is 36.3 Å². The van der Waals surface area contributed by atoms with Gasteiger partial charge in [-0.1, -0.05) is 36.4 Å². The molecule has 6 nitrogen and oxygen atoms in total. The van der Waals surface area contributed by atoms with E-state index >= 15 is 0 Å². The summed E-state index contributed by atoms with van der Waals surface area (Å²) < 4.78 is 27.1. The smallest absolute Gasteiger partial charge is 0.252 e. The minimum atomic E-state index is -3.41. The van der Waals surface area contributed by atoms with Crippen molar-refractivity contribution in [3.63, 3.8) is 0 Å². The van der Waals surface area contributed by atoms with Crippen LogP contribution in [0.5, 0.6) is 0 Å². The average molecular weight is 434 g/mol. The van der Waals surface area contributed by atoms with Gasteiger partial charge in [0.1, 0.15) is 4.21 Å². The van der Waals surface area contributed by atoms with Gasteiger partial charge in [0.2, 0.25) is 5.91 Å². The number of benzene rings is 1. The Bertz CT molecular complexity index is 908. The highest BCUT2D eigenvalue weighted by Gasteiger charge is 2.34. The van der Waals surface area contributed by atoms with Crippen LogP contribution in [0.15, 0.2) is 52.1 Å². The molecule has 1 aromatic heterocycles. The topological polar surface area (TPSA) is 69.7 Å². The van der Waals surface area contributed by atoms with E-state index in [0.717, 1.165) is 26.1 Å². The minimum absolute atomic E-state index is 0.0738. The van der Waals surface area contributed by atoms with Crippen molar-refractivity contribution in [3.05, 3.63) is 53.4 Å². The molecule has 2 aliphatic heterocycles. The van der Waals surface area contributed by atoms with Gasteiger partial charge in [-0.2, -0.15) is 4.31 Å². The number of thiophene rings is 1. The monoisotopic (exact) mass is 433 g/mol. The number of amides is 1. The minimum Gasteiger partial charge on any atom is -0.352 e. The predicted octanol–water partition coefficient (Wildman–Crippen LogP) is 2.54. The van der Waals surface area contributed by atoms with Crippen LogP contribution in [-0.2, 0) is 21.4 Å². The number of carbonyl (C=O) groups excluding carboxylic acids is 1. The molecule has 3 heterocycles. The summed E-state index contributed by atoms with van der Waals surface area (Å²) in [5, 5.41) is 4.97. The first-order valence-corrected chi connectivity index (χ1v) is 12.4. The summed E-state index contributed by atoms with van der Waals surface area (Å²) in [5.41, 5.74) is 1.29. The second-order valence-electron chi connectivity index (χ2n) is 7.83. The lowest BCUT2D eigenvalue weighted by molar-refractivity contribution is -0.126. The molecule has 0 saturated carbocycles. The van der Waals surface area contributed by atoms with E-state index in [0.29, 0.717) is 30.1 Å². The van der Waals surface area contributed by atoms with E-state index in [1.165, 1.54) is 21.2 Å². The Kier molecular flexibility index (Phi) is 6.34. The van der Waals surface area contributed by atoms with Gasteiger partial charge in [0.05, 0.1) is 0 Å². The van der Waals surface area contributed by atoms with Crippen molar-refractivity contribution < 1.29 is 13.2 Å². The fourth-order valence-corrected chi connectivity index (χ4v) is 6.76. The van der Waals surface area contributed by atoms with E-state index in [2.05, 4.69) is 34.5 Å². The summed E-state index contributed by atoms with van der Waals surface area (Å²) in [6, 6.07) is 14.0. The largest absolute Gasteiger partial charge is 0.352 e. The lowest BCUT2D eigenvalue weighted by Gasteiger charge is -2.30. The lowest BCUT2D eigenvalue weighted by atomic mass is 9.97. The summed E-state index contributed by atoms with van der Waals surface area (Å²) in [6.45, 7) is 3.57. The molecular weight excluding hydrogens is 406 g/mol. The second-order valence-corrected chi connectivity index (χ2v) is 10.9. The van der Waals surface area contributed by atoms with Gasteiger partial charge in [0.25, 0.3) is 10.0 Å². The first kappa shape index (κ1) is 20.5. The highest BCUT2D eigenvalue weighted by atomic mass is 32.2. The molecule has 2 aliphatic rings. The maximum absolute atomic E-state index is 12.7.